The molecule has 3 nitrogen and oxygen atoms in total. The van der Waals surface area contributed by atoms with Crippen LogP contribution in [0.25, 0.3) is 0 Å². The Hall–Kier alpha value is -1.65. The van der Waals surface area contributed by atoms with Crippen LogP contribution in [-0.2, 0) is 11.3 Å². The van der Waals surface area contributed by atoms with Crippen molar-refractivity contribution in [2.45, 2.75) is 38.8 Å². The third-order valence-corrected chi connectivity index (χ3v) is 3.65. The highest BCUT2D eigenvalue weighted by Gasteiger charge is 2.25. The maximum absolute atomic E-state index is 12.2. The summed E-state index contributed by atoms with van der Waals surface area (Å²) in [5.41, 5.74) is 0.903. The van der Waals surface area contributed by atoms with Crippen LogP contribution in [0.3, 0.4) is 0 Å². The number of carbonyl (C=O) groups is 1. The van der Waals surface area contributed by atoms with Crippen molar-refractivity contribution >= 4 is 5.91 Å². The van der Waals surface area contributed by atoms with E-state index in [2.05, 4.69) is 4.74 Å². The van der Waals surface area contributed by atoms with Crippen molar-refractivity contribution < 1.29 is 18.3 Å². The molecule has 0 atom stereocenters. The maximum Gasteiger partial charge on any atom is 0.387 e. The standard InChI is InChI=1S/C15H19F2NO2/c1-18(14(19)12-4-2-3-5-12)10-11-6-8-13(9-7-11)20-15(16)17/h6-9,12,15H,2-5,10H2,1H3. The zero-order chi connectivity index (χ0) is 14.5. The van der Waals surface area contributed by atoms with E-state index in [1.54, 1.807) is 24.1 Å². The SMILES string of the molecule is CN(Cc1ccc(OC(F)F)cc1)C(=O)C1CCCC1. The van der Waals surface area contributed by atoms with E-state index in [4.69, 9.17) is 0 Å². The first-order valence-corrected chi connectivity index (χ1v) is 6.85. The van der Waals surface area contributed by atoms with Crippen molar-refractivity contribution in [3.63, 3.8) is 0 Å². The van der Waals surface area contributed by atoms with Crippen LogP contribution in [-0.4, -0.2) is 24.5 Å². The predicted molar refractivity (Wildman–Crippen MR) is 71.5 cm³/mol. The first-order valence-electron chi connectivity index (χ1n) is 6.85. The Kier molecular flexibility index (Phi) is 4.93. The first kappa shape index (κ1) is 14.8. The zero-order valence-corrected chi connectivity index (χ0v) is 11.5. The highest BCUT2D eigenvalue weighted by molar-refractivity contribution is 5.78. The van der Waals surface area contributed by atoms with Gasteiger partial charge in [0.1, 0.15) is 5.75 Å². The van der Waals surface area contributed by atoms with E-state index >= 15 is 0 Å². The fraction of sp³-hybridized carbons (Fsp3) is 0.533. The molecule has 1 aliphatic rings. The molecule has 1 amide bonds. The second-order valence-electron chi connectivity index (χ2n) is 5.20. The summed E-state index contributed by atoms with van der Waals surface area (Å²) in [4.78, 5) is 13.9. The van der Waals surface area contributed by atoms with Crippen molar-refractivity contribution in [2.24, 2.45) is 5.92 Å². The number of alkyl halides is 2. The van der Waals surface area contributed by atoms with Gasteiger partial charge in [-0.1, -0.05) is 25.0 Å². The number of amides is 1. The molecule has 2 rings (SSSR count). The monoisotopic (exact) mass is 283 g/mol. The number of hydrogen-bond donors (Lipinski definition) is 0. The number of benzene rings is 1. The molecule has 0 saturated heterocycles. The van der Waals surface area contributed by atoms with Crippen LogP contribution < -0.4 is 4.74 Å². The minimum absolute atomic E-state index is 0.133. The van der Waals surface area contributed by atoms with Crippen LogP contribution >= 0.6 is 0 Å². The molecule has 0 bridgehead atoms. The maximum atomic E-state index is 12.2. The minimum atomic E-state index is -2.81. The zero-order valence-electron chi connectivity index (χ0n) is 11.5. The van der Waals surface area contributed by atoms with Crippen molar-refractivity contribution in [1.82, 2.24) is 4.90 Å². The summed E-state index contributed by atoms with van der Waals surface area (Å²) in [6.45, 7) is -2.32. The van der Waals surface area contributed by atoms with Gasteiger partial charge in [-0.2, -0.15) is 8.78 Å². The van der Waals surface area contributed by atoms with Gasteiger partial charge in [0.25, 0.3) is 0 Å². The van der Waals surface area contributed by atoms with Crippen LogP contribution in [0.1, 0.15) is 31.2 Å². The van der Waals surface area contributed by atoms with E-state index < -0.39 is 6.61 Å². The predicted octanol–water partition coefficient (Wildman–Crippen LogP) is 3.44. The molecule has 0 heterocycles. The van der Waals surface area contributed by atoms with E-state index in [9.17, 15) is 13.6 Å². The van der Waals surface area contributed by atoms with E-state index in [0.29, 0.717) is 6.54 Å². The topological polar surface area (TPSA) is 29.5 Å². The second kappa shape index (κ2) is 6.68. The van der Waals surface area contributed by atoms with Gasteiger partial charge in [0.15, 0.2) is 0 Å². The number of hydrogen-bond acceptors (Lipinski definition) is 2. The molecule has 1 aromatic rings. The molecule has 1 aromatic carbocycles. The van der Waals surface area contributed by atoms with Crippen LogP contribution in [0.15, 0.2) is 24.3 Å². The molecule has 0 radical (unpaired) electrons. The molecule has 110 valence electrons. The number of nitrogens with zero attached hydrogens (tertiary/aromatic N) is 1. The molecule has 0 aliphatic heterocycles. The van der Waals surface area contributed by atoms with Crippen LogP contribution in [0.4, 0.5) is 8.78 Å². The molecular weight excluding hydrogens is 264 g/mol. The Morgan fingerprint density at radius 3 is 2.45 bits per heavy atom. The summed E-state index contributed by atoms with van der Waals surface area (Å²) in [5.74, 6) is 0.463. The summed E-state index contributed by atoms with van der Waals surface area (Å²) in [6.07, 6.45) is 4.21. The molecule has 0 unspecified atom stereocenters. The second-order valence-corrected chi connectivity index (χ2v) is 5.20. The van der Waals surface area contributed by atoms with Crippen molar-refractivity contribution in [3.05, 3.63) is 29.8 Å². The van der Waals surface area contributed by atoms with Gasteiger partial charge >= 0.3 is 6.61 Å². The molecule has 1 fully saturated rings. The third kappa shape index (κ3) is 3.92. The Labute approximate surface area is 117 Å². The van der Waals surface area contributed by atoms with Crippen LogP contribution in [0.2, 0.25) is 0 Å². The van der Waals surface area contributed by atoms with E-state index in [1.165, 1.54) is 12.1 Å². The first-order chi connectivity index (χ1) is 9.56. The molecule has 1 saturated carbocycles. The highest BCUT2D eigenvalue weighted by Crippen LogP contribution is 2.26. The minimum Gasteiger partial charge on any atom is -0.435 e. The Morgan fingerprint density at radius 1 is 1.30 bits per heavy atom. The van der Waals surface area contributed by atoms with Gasteiger partial charge in [0.2, 0.25) is 5.91 Å². The number of rotatable bonds is 5. The Morgan fingerprint density at radius 2 is 1.90 bits per heavy atom. The Bertz CT molecular complexity index is 442. The van der Waals surface area contributed by atoms with E-state index in [1.807, 2.05) is 0 Å². The lowest BCUT2D eigenvalue weighted by Crippen LogP contribution is -2.31. The fourth-order valence-corrected chi connectivity index (χ4v) is 2.61. The molecule has 0 spiro atoms. The number of halogens is 2. The lowest BCUT2D eigenvalue weighted by molar-refractivity contribution is -0.134. The lowest BCUT2D eigenvalue weighted by Gasteiger charge is -2.21. The van der Waals surface area contributed by atoms with Crippen LogP contribution in [0, 0.1) is 5.92 Å². The normalized spacial score (nSPS) is 15.6. The molecule has 0 N–H and O–H groups in total. The smallest absolute Gasteiger partial charge is 0.387 e. The third-order valence-electron chi connectivity index (χ3n) is 3.65. The lowest BCUT2D eigenvalue weighted by atomic mass is 10.1. The quantitative estimate of drug-likeness (QED) is 0.828. The van der Waals surface area contributed by atoms with Gasteiger partial charge in [-0.15, -0.1) is 0 Å². The van der Waals surface area contributed by atoms with E-state index in [0.717, 1.165) is 31.2 Å². The van der Waals surface area contributed by atoms with Gasteiger partial charge in [0, 0.05) is 19.5 Å². The molecular formula is C15H19F2NO2. The van der Waals surface area contributed by atoms with E-state index in [-0.39, 0.29) is 17.6 Å². The number of carbonyl (C=O) groups excluding carboxylic acids is 1. The van der Waals surface area contributed by atoms with Crippen molar-refractivity contribution in [1.29, 1.82) is 0 Å². The summed E-state index contributed by atoms with van der Waals surface area (Å²) in [5, 5.41) is 0. The molecule has 20 heavy (non-hydrogen) atoms. The van der Waals surface area contributed by atoms with Crippen molar-refractivity contribution in [3.8, 4) is 5.75 Å². The largest absolute Gasteiger partial charge is 0.435 e. The molecule has 1 aliphatic carbocycles. The van der Waals surface area contributed by atoms with Crippen LogP contribution in [0.5, 0.6) is 5.75 Å². The summed E-state index contributed by atoms with van der Waals surface area (Å²) in [7, 11) is 1.78. The van der Waals surface area contributed by atoms with Crippen molar-refractivity contribution in [2.75, 3.05) is 7.05 Å². The van der Waals surface area contributed by atoms with Gasteiger partial charge in [0.05, 0.1) is 0 Å². The average molecular weight is 283 g/mol. The molecule has 5 heteroatoms. The average Bonchev–Trinajstić information content (AvgIpc) is 2.93. The Balaban J connectivity index is 1.90. The fourth-order valence-electron chi connectivity index (χ4n) is 2.61. The van der Waals surface area contributed by atoms with Gasteiger partial charge in [-0.05, 0) is 30.5 Å². The summed E-state index contributed by atoms with van der Waals surface area (Å²) >= 11 is 0. The summed E-state index contributed by atoms with van der Waals surface area (Å²) < 4.78 is 28.4. The number of ether oxygens (including phenoxy) is 1. The summed E-state index contributed by atoms with van der Waals surface area (Å²) in [6, 6.07) is 6.40. The highest BCUT2D eigenvalue weighted by atomic mass is 19.3. The van der Waals surface area contributed by atoms with Gasteiger partial charge in [-0.25, -0.2) is 0 Å². The van der Waals surface area contributed by atoms with Gasteiger partial charge in [-0.3, -0.25) is 4.79 Å². The van der Waals surface area contributed by atoms with Gasteiger partial charge < -0.3 is 9.64 Å². The molecule has 0 aromatic heterocycles.